The predicted octanol–water partition coefficient (Wildman–Crippen LogP) is 3.88. The standard InChI is InChI=1S/C24H29N5O/c1-4-17-16-26-23(25-12-14-29-13-11-18-7-5-6-8-20(18)29)28-22(17)27-19-9-10-21(30)24(2,3)15-19/h1,5-8,11,13,16,19,21,30H,9-10,12,14-15H2,2-3H3,(H2,25,26,27,28)/t19-,21+/m1/s1. The van der Waals surface area contributed by atoms with Crippen LogP contribution in [0.1, 0.15) is 38.7 Å². The van der Waals surface area contributed by atoms with E-state index in [1.807, 2.05) is 0 Å². The number of terminal acetylenes is 1. The Morgan fingerprint density at radius 2 is 2.10 bits per heavy atom. The van der Waals surface area contributed by atoms with Crippen molar-refractivity contribution in [2.24, 2.45) is 5.41 Å². The normalized spacial score (nSPS) is 20.6. The number of hydrogen-bond acceptors (Lipinski definition) is 5. The summed E-state index contributed by atoms with van der Waals surface area (Å²) in [5.41, 5.74) is 1.74. The molecule has 0 saturated heterocycles. The van der Waals surface area contributed by atoms with Crippen molar-refractivity contribution in [2.75, 3.05) is 17.2 Å². The third kappa shape index (κ3) is 4.27. The fourth-order valence-corrected chi connectivity index (χ4v) is 4.25. The fourth-order valence-electron chi connectivity index (χ4n) is 4.25. The third-order valence-corrected chi connectivity index (χ3v) is 6.06. The van der Waals surface area contributed by atoms with Crippen LogP contribution in [-0.2, 0) is 6.54 Å². The molecule has 2 aromatic heterocycles. The van der Waals surface area contributed by atoms with Crippen LogP contribution < -0.4 is 10.6 Å². The van der Waals surface area contributed by atoms with Crippen LogP contribution in [0.2, 0.25) is 0 Å². The van der Waals surface area contributed by atoms with Gasteiger partial charge < -0.3 is 20.3 Å². The van der Waals surface area contributed by atoms with Crippen molar-refractivity contribution in [3.63, 3.8) is 0 Å². The van der Waals surface area contributed by atoms with E-state index in [0.717, 1.165) is 25.8 Å². The van der Waals surface area contributed by atoms with E-state index in [4.69, 9.17) is 6.42 Å². The molecule has 4 rings (SSSR count). The van der Waals surface area contributed by atoms with Crippen LogP contribution >= 0.6 is 0 Å². The van der Waals surface area contributed by atoms with Gasteiger partial charge in [-0.2, -0.15) is 4.98 Å². The number of aromatic nitrogens is 3. The van der Waals surface area contributed by atoms with E-state index in [-0.39, 0.29) is 17.6 Å². The van der Waals surface area contributed by atoms with E-state index in [1.165, 1.54) is 10.9 Å². The molecule has 6 heteroatoms. The second-order valence-electron chi connectivity index (χ2n) is 8.72. The highest BCUT2D eigenvalue weighted by molar-refractivity contribution is 5.79. The van der Waals surface area contributed by atoms with Crippen molar-refractivity contribution >= 4 is 22.7 Å². The van der Waals surface area contributed by atoms with E-state index in [0.29, 0.717) is 23.9 Å². The highest BCUT2D eigenvalue weighted by Crippen LogP contribution is 2.36. The summed E-state index contributed by atoms with van der Waals surface area (Å²) in [6.07, 6.45) is 11.7. The first-order valence-electron chi connectivity index (χ1n) is 10.5. The first kappa shape index (κ1) is 20.2. The minimum atomic E-state index is -0.268. The van der Waals surface area contributed by atoms with E-state index in [9.17, 15) is 5.11 Å². The molecular weight excluding hydrogens is 374 g/mol. The number of aliphatic hydroxyl groups is 1. The molecule has 1 aliphatic rings. The Morgan fingerprint density at radius 1 is 1.27 bits per heavy atom. The highest BCUT2D eigenvalue weighted by Gasteiger charge is 2.35. The van der Waals surface area contributed by atoms with Crippen LogP contribution in [-0.4, -0.2) is 38.3 Å². The summed E-state index contributed by atoms with van der Waals surface area (Å²) >= 11 is 0. The summed E-state index contributed by atoms with van der Waals surface area (Å²) in [4.78, 5) is 9.01. The maximum Gasteiger partial charge on any atom is 0.224 e. The molecule has 0 amide bonds. The number of benzene rings is 1. The zero-order valence-corrected chi connectivity index (χ0v) is 17.6. The molecule has 6 nitrogen and oxygen atoms in total. The Kier molecular flexibility index (Phi) is 5.65. The zero-order chi connectivity index (χ0) is 21.1. The third-order valence-electron chi connectivity index (χ3n) is 6.06. The lowest BCUT2D eigenvalue weighted by Crippen LogP contribution is -2.41. The van der Waals surface area contributed by atoms with Crippen molar-refractivity contribution in [2.45, 2.75) is 51.8 Å². The number of nitrogens with zero attached hydrogens (tertiary/aromatic N) is 3. The molecule has 0 spiro atoms. The maximum absolute atomic E-state index is 10.2. The van der Waals surface area contributed by atoms with Crippen molar-refractivity contribution in [3.8, 4) is 12.3 Å². The van der Waals surface area contributed by atoms with Crippen molar-refractivity contribution in [3.05, 3.63) is 48.3 Å². The van der Waals surface area contributed by atoms with Crippen molar-refractivity contribution < 1.29 is 5.11 Å². The van der Waals surface area contributed by atoms with Gasteiger partial charge in [0, 0.05) is 30.8 Å². The molecule has 2 atom stereocenters. The van der Waals surface area contributed by atoms with Crippen molar-refractivity contribution in [1.82, 2.24) is 14.5 Å². The molecular formula is C24H29N5O. The van der Waals surface area contributed by atoms with Crippen molar-refractivity contribution in [1.29, 1.82) is 0 Å². The molecule has 1 fully saturated rings. The number of para-hydroxylation sites is 1. The van der Waals surface area contributed by atoms with Gasteiger partial charge in [0.25, 0.3) is 0 Å². The summed E-state index contributed by atoms with van der Waals surface area (Å²) in [5.74, 6) is 3.91. The van der Waals surface area contributed by atoms with Crippen LogP contribution in [0.25, 0.3) is 10.9 Å². The van der Waals surface area contributed by atoms with Gasteiger partial charge in [-0.3, -0.25) is 0 Å². The number of anilines is 2. The monoisotopic (exact) mass is 403 g/mol. The molecule has 0 radical (unpaired) electrons. The van der Waals surface area contributed by atoms with Crippen LogP contribution in [0.5, 0.6) is 0 Å². The molecule has 0 bridgehead atoms. The molecule has 0 aliphatic heterocycles. The van der Waals surface area contributed by atoms with E-state index in [2.05, 4.69) is 81.5 Å². The summed E-state index contributed by atoms with van der Waals surface area (Å²) in [7, 11) is 0. The Hall–Kier alpha value is -3.04. The smallest absolute Gasteiger partial charge is 0.224 e. The number of nitrogens with one attached hydrogen (secondary N) is 2. The van der Waals surface area contributed by atoms with E-state index >= 15 is 0 Å². The van der Waals surface area contributed by atoms with Gasteiger partial charge in [0.1, 0.15) is 5.82 Å². The molecule has 156 valence electrons. The second-order valence-corrected chi connectivity index (χ2v) is 8.72. The molecule has 1 aromatic carbocycles. The largest absolute Gasteiger partial charge is 0.393 e. The lowest BCUT2D eigenvalue weighted by molar-refractivity contribution is 0.00926. The highest BCUT2D eigenvalue weighted by atomic mass is 16.3. The quantitative estimate of drug-likeness (QED) is 0.545. The van der Waals surface area contributed by atoms with Crippen LogP contribution in [0.4, 0.5) is 11.8 Å². The summed E-state index contributed by atoms with van der Waals surface area (Å²) in [6.45, 7) is 5.72. The number of rotatable bonds is 6. The average Bonchev–Trinajstić information content (AvgIpc) is 3.14. The molecule has 30 heavy (non-hydrogen) atoms. The minimum absolute atomic E-state index is 0.125. The van der Waals surface area contributed by atoms with E-state index in [1.54, 1.807) is 6.20 Å². The SMILES string of the molecule is C#Cc1cnc(NCCn2ccc3ccccc32)nc1N[C@@H]1CC[C@H](O)C(C)(C)C1. The predicted molar refractivity (Wildman–Crippen MR) is 121 cm³/mol. The number of hydrogen-bond donors (Lipinski definition) is 3. The van der Waals surface area contributed by atoms with Crippen LogP contribution in [0.3, 0.4) is 0 Å². The zero-order valence-electron chi connectivity index (χ0n) is 17.6. The fraction of sp³-hybridized carbons (Fsp3) is 0.417. The Morgan fingerprint density at radius 3 is 2.90 bits per heavy atom. The molecule has 3 aromatic rings. The Balaban J connectivity index is 1.42. The van der Waals surface area contributed by atoms with Gasteiger partial charge in [-0.1, -0.05) is 38.0 Å². The van der Waals surface area contributed by atoms with Gasteiger partial charge in [-0.15, -0.1) is 6.42 Å². The Labute approximate surface area is 177 Å². The molecule has 2 heterocycles. The lowest BCUT2D eigenvalue weighted by Gasteiger charge is -2.40. The van der Waals surface area contributed by atoms with Gasteiger partial charge in [-0.25, -0.2) is 4.98 Å². The first-order valence-corrected chi connectivity index (χ1v) is 10.5. The van der Waals surface area contributed by atoms with Crippen LogP contribution in [0.15, 0.2) is 42.7 Å². The van der Waals surface area contributed by atoms with Gasteiger partial charge in [-0.05, 0) is 42.2 Å². The number of fused-ring (bicyclic) bond motifs is 1. The number of aliphatic hydroxyl groups excluding tert-OH is 1. The minimum Gasteiger partial charge on any atom is -0.393 e. The molecule has 0 unspecified atom stereocenters. The average molecular weight is 404 g/mol. The summed E-state index contributed by atoms with van der Waals surface area (Å²) in [5, 5.41) is 18.2. The summed E-state index contributed by atoms with van der Waals surface area (Å²) < 4.78 is 2.22. The molecule has 1 saturated carbocycles. The van der Waals surface area contributed by atoms with Gasteiger partial charge >= 0.3 is 0 Å². The van der Waals surface area contributed by atoms with Gasteiger partial charge in [0.05, 0.1) is 17.9 Å². The second kappa shape index (κ2) is 8.37. The maximum atomic E-state index is 10.2. The van der Waals surface area contributed by atoms with Gasteiger partial charge in [0.15, 0.2) is 0 Å². The summed E-state index contributed by atoms with van der Waals surface area (Å²) in [6, 6.07) is 10.7. The topological polar surface area (TPSA) is 75.0 Å². The first-order chi connectivity index (χ1) is 14.5. The van der Waals surface area contributed by atoms with Crippen LogP contribution in [0, 0.1) is 17.8 Å². The van der Waals surface area contributed by atoms with E-state index < -0.39 is 0 Å². The molecule has 1 aliphatic carbocycles. The lowest BCUT2D eigenvalue weighted by atomic mass is 9.73. The Bertz CT molecular complexity index is 1060. The molecule has 3 N–H and O–H groups in total. The van der Waals surface area contributed by atoms with Gasteiger partial charge in [0.2, 0.25) is 5.95 Å².